The number of rotatable bonds is 30. The Morgan fingerprint density at radius 1 is 0.512 bits per heavy atom. The number of aromatic nitrogens is 2. The summed E-state index contributed by atoms with van der Waals surface area (Å²) >= 11 is 8.17. The molecular formula is C54H60F10N12O8S2. The SMILES string of the molecule is CC(C)[C@H](NC(=O)[C@H](CCCCN)NC(=O)[C@@H](Cc1c[nH]c2ccccc12)NC(=O)[C@@H](Cc1ccccn1)NC(=O)[C@@H](CS)NC(=O)[C@@H](N)Cc1c(F)c(F)c(F)c(F)c1F)C(=O)N[C@@H](CS)C(=O)N[C@@H](Cc1c(F)c(F)c(F)c(F)c1F)C(N)=O. The number of hydrogen-bond donors (Lipinski definition) is 13. The Hall–Kier alpha value is -7.97. The molecule has 0 saturated carbocycles. The molecule has 14 N–H and O–H groups in total. The van der Waals surface area contributed by atoms with Gasteiger partial charge >= 0.3 is 0 Å². The van der Waals surface area contributed by atoms with E-state index in [-0.39, 0.29) is 37.9 Å². The van der Waals surface area contributed by atoms with Crippen molar-refractivity contribution in [2.75, 3.05) is 18.1 Å². The summed E-state index contributed by atoms with van der Waals surface area (Å²) in [6, 6.07) is -2.33. The summed E-state index contributed by atoms with van der Waals surface area (Å²) in [5.41, 5.74) is 15.3. The summed E-state index contributed by atoms with van der Waals surface area (Å²) in [5.74, 6) is -34.3. The van der Waals surface area contributed by atoms with E-state index in [1.54, 1.807) is 42.6 Å². The summed E-state index contributed by atoms with van der Waals surface area (Å²) in [7, 11) is 0. The molecule has 0 aliphatic heterocycles. The number of primary amides is 1. The Balaban J connectivity index is 1.39. The van der Waals surface area contributed by atoms with E-state index in [0.717, 1.165) is 0 Å². The number of nitrogens with zero attached hydrogens (tertiary/aromatic N) is 1. The minimum atomic E-state index is -2.48. The second kappa shape index (κ2) is 31.4. The molecule has 20 nitrogen and oxygen atoms in total. The molecular weight excluding hydrogens is 1200 g/mol. The maximum Gasteiger partial charge on any atom is 0.244 e. The quantitative estimate of drug-likeness (QED) is 0.0104. The summed E-state index contributed by atoms with van der Waals surface area (Å²) in [6.45, 7) is 3.10. The first-order chi connectivity index (χ1) is 40.6. The molecule has 2 aromatic heterocycles. The molecule has 0 spiro atoms. The van der Waals surface area contributed by atoms with Gasteiger partial charge in [0.25, 0.3) is 0 Å². The lowest BCUT2D eigenvalue weighted by Gasteiger charge is -2.29. The van der Waals surface area contributed by atoms with E-state index >= 15 is 0 Å². The molecule has 3 aromatic carbocycles. The number of H-pyrrole nitrogens is 1. The zero-order chi connectivity index (χ0) is 63.9. The number of halogens is 10. The van der Waals surface area contributed by atoms with Gasteiger partial charge in [-0.25, -0.2) is 43.9 Å². The van der Waals surface area contributed by atoms with Crippen molar-refractivity contribution in [3.8, 4) is 0 Å². The molecule has 0 aliphatic rings. The number of carbonyl (C=O) groups excluding carboxylic acids is 8. The lowest BCUT2D eigenvalue weighted by molar-refractivity contribution is -0.136. The van der Waals surface area contributed by atoms with Crippen LogP contribution in [0, 0.1) is 64.1 Å². The molecule has 5 aromatic rings. The molecule has 5 rings (SSSR count). The van der Waals surface area contributed by atoms with Crippen molar-refractivity contribution in [2.24, 2.45) is 23.1 Å². The Morgan fingerprint density at radius 2 is 0.953 bits per heavy atom. The Kier molecular flexibility index (Phi) is 25.1. The molecule has 0 saturated heterocycles. The number of unbranched alkanes of at least 4 members (excludes halogenated alkanes) is 1. The molecule has 0 fully saturated rings. The minimum absolute atomic E-state index is 0.130. The van der Waals surface area contributed by atoms with Crippen molar-refractivity contribution in [1.82, 2.24) is 47.2 Å². The number of benzene rings is 3. The molecule has 32 heteroatoms. The van der Waals surface area contributed by atoms with Crippen molar-refractivity contribution >= 4 is 83.4 Å². The number of para-hydroxylation sites is 1. The van der Waals surface area contributed by atoms with Gasteiger partial charge in [0.15, 0.2) is 46.5 Å². The van der Waals surface area contributed by atoms with Crippen LogP contribution in [0.4, 0.5) is 43.9 Å². The van der Waals surface area contributed by atoms with Crippen LogP contribution in [0.25, 0.3) is 10.9 Å². The van der Waals surface area contributed by atoms with E-state index in [1.165, 1.54) is 26.1 Å². The standard InChI is InChI=1S/C54H60F10N12O8S2/c1-22(2)46(54(84)75-35(21-86)52(82)71-31(47(67)77)18-27-38(57)42(61)45(64)43(62)39(27)58)76-49(79)30(12-5-7-13-65)70-50(80)32(15-23-19-69-29-11-4-3-10-25(23)29)72-51(81)33(16-24-9-6-8-14-68-24)73-53(83)34(20-85)74-48(78)28(66)17-26-36(55)40(59)44(63)41(60)37(26)56/h3-4,6,8-11,14,19,22,28,30-35,46,69,85-86H,5,7,12-13,15-18,20-21,65-66H2,1-2H3,(H2,67,77)(H,70,80)(H,71,82)(H,72,81)(H,73,83)(H,74,78)(H,75,84)(H,76,79)/t28-,30-,31-,32+,33+,34+,35-,46-/m0/s1. The predicted molar refractivity (Wildman–Crippen MR) is 296 cm³/mol. The van der Waals surface area contributed by atoms with Gasteiger partial charge < -0.3 is 59.4 Å². The Labute approximate surface area is 494 Å². The van der Waals surface area contributed by atoms with Crippen LogP contribution in [0.3, 0.4) is 0 Å². The van der Waals surface area contributed by atoms with Gasteiger partial charge in [0, 0.05) is 77.3 Å². The fourth-order valence-corrected chi connectivity index (χ4v) is 9.15. The fourth-order valence-electron chi connectivity index (χ4n) is 8.63. The zero-order valence-electron chi connectivity index (χ0n) is 45.6. The van der Waals surface area contributed by atoms with Gasteiger partial charge in [-0.1, -0.05) is 38.1 Å². The van der Waals surface area contributed by atoms with Crippen LogP contribution in [0.15, 0.2) is 54.9 Å². The van der Waals surface area contributed by atoms with Crippen LogP contribution < -0.4 is 54.4 Å². The highest BCUT2D eigenvalue weighted by atomic mass is 32.1. The molecule has 0 bridgehead atoms. The van der Waals surface area contributed by atoms with Crippen molar-refractivity contribution < 1.29 is 82.3 Å². The lowest BCUT2D eigenvalue weighted by Crippen LogP contribution is -2.61. The van der Waals surface area contributed by atoms with E-state index in [1.807, 2.05) is 5.32 Å². The largest absolute Gasteiger partial charge is 0.368 e. The third kappa shape index (κ3) is 17.4. The van der Waals surface area contributed by atoms with Crippen molar-refractivity contribution in [3.63, 3.8) is 0 Å². The molecule has 0 radical (unpaired) electrons. The number of thiol groups is 2. The van der Waals surface area contributed by atoms with E-state index in [0.29, 0.717) is 22.9 Å². The van der Waals surface area contributed by atoms with Crippen molar-refractivity contribution in [1.29, 1.82) is 0 Å². The van der Waals surface area contributed by atoms with Crippen LogP contribution in [0.5, 0.6) is 0 Å². The average Bonchev–Trinajstić information content (AvgIpc) is 3.94. The smallest absolute Gasteiger partial charge is 0.244 e. The Bertz CT molecular complexity index is 3260. The second-order valence-electron chi connectivity index (χ2n) is 19.8. The van der Waals surface area contributed by atoms with E-state index in [9.17, 15) is 82.3 Å². The number of aromatic amines is 1. The van der Waals surface area contributed by atoms with Crippen LogP contribution in [-0.4, -0.2) is 124 Å². The highest BCUT2D eigenvalue weighted by molar-refractivity contribution is 7.80. The van der Waals surface area contributed by atoms with Gasteiger partial charge in [-0.3, -0.25) is 43.3 Å². The summed E-state index contributed by atoms with van der Waals surface area (Å²) in [5, 5.41) is 17.3. The van der Waals surface area contributed by atoms with Gasteiger partial charge in [-0.05, 0) is 55.5 Å². The fraction of sp³-hybridized carbons (Fsp3) is 0.389. The van der Waals surface area contributed by atoms with Crippen LogP contribution in [-0.2, 0) is 64.0 Å². The molecule has 0 aliphatic carbocycles. The summed E-state index contributed by atoms with van der Waals surface area (Å²) in [6.07, 6.45) is 0.0993. The number of nitrogens with two attached hydrogens (primary N) is 3. The van der Waals surface area contributed by atoms with Gasteiger partial charge in [0.1, 0.15) is 42.3 Å². The molecule has 86 heavy (non-hydrogen) atoms. The van der Waals surface area contributed by atoms with Gasteiger partial charge in [-0.2, -0.15) is 25.3 Å². The van der Waals surface area contributed by atoms with E-state index in [2.05, 4.69) is 67.1 Å². The number of nitrogens with one attached hydrogen (secondary N) is 8. The number of fused-ring (bicyclic) bond motifs is 1. The monoisotopic (exact) mass is 1260 g/mol. The topological polar surface area (TPSA) is 328 Å². The number of hydrogen-bond acceptors (Lipinski definition) is 13. The van der Waals surface area contributed by atoms with Crippen LogP contribution >= 0.6 is 25.3 Å². The number of amides is 8. The maximum atomic E-state index is 14.7. The number of carbonyl (C=O) groups is 8. The molecule has 8 amide bonds. The Morgan fingerprint density at radius 3 is 1.45 bits per heavy atom. The van der Waals surface area contributed by atoms with Gasteiger partial charge in [0.05, 0.1) is 6.04 Å². The number of pyridine rings is 1. The van der Waals surface area contributed by atoms with Gasteiger partial charge in [0.2, 0.25) is 58.9 Å². The van der Waals surface area contributed by atoms with Crippen LogP contribution in [0.2, 0.25) is 0 Å². The van der Waals surface area contributed by atoms with Crippen molar-refractivity contribution in [2.45, 2.75) is 107 Å². The van der Waals surface area contributed by atoms with E-state index < -0.39 is 195 Å². The average molecular weight is 1260 g/mol. The molecule has 466 valence electrons. The molecule has 2 heterocycles. The zero-order valence-corrected chi connectivity index (χ0v) is 47.4. The van der Waals surface area contributed by atoms with Crippen LogP contribution in [0.1, 0.15) is 55.5 Å². The summed E-state index contributed by atoms with van der Waals surface area (Å²) < 4.78 is 141. The minimum Gasteiger partial charge on any atom is -0.368 e. The second-order valence-corrected chi connectivity index (χ2v) is 20.6. The maximum absolute atomic E-state index is 14.7. The lowest BCUT2D eigenvalue weighted by atomic mass is 10.00. The first-order valence-corrected chi connectivity index (χ1v) is 27.5. The third-order valence-electron chi connectivity index (χ3n) is 13.4. The predicted octanol–water partition coefficient (Wildman–Crippen LogP) is 2.08. The van der Waals surface area contributed by atoms with Gasteiger partial charge in [-0.15, -0.1) is 0 Å². The molecule has 0 unspecified atom stereocenters. The first kappa shape index (κ1) is 68.8. The summed E-state index contributed by atoms with van der Waals surface area (Å²) in [4.78, 5) is 118. The highest BCUT2D eigenvalue weighted by Gasteiger charge is 2.37. The highest BCUT2D eigenvalue weighted by Crippen LogP contribution is 2.26. The first-order valence-electron chi connectivity index (χ1n) is 26.2. The van der Waals surface area contributed by atoms with Crippen molar-refractivity contribution in [3.05, 3.63) is 135 Å². The molecule has 8 atom stereocenters. The normalized spacial score (nSPS) is 14.2. The third-order valence-corrected chi connectivity index (χ3v) is 14.1. The van der Waals surface area contributed by atoms with E-state index in [4.69, 9.17) is 17.2 Å².